The van der Waals surface area contributed by atoms with E-state index in [-0.39, 0.29) is 47.1 Å². The molecule has 0 bridgehead atoms. The number of anilines is 8. The van der Waals surface area contributed by atoms with Crippen LogP contribution in [-0.4, -0.2) is 92.1 Å². The van der Waals surface area contributed by atoms with E-state index in [9.17, 15) is 0 Å². The number of carbonyl (C=O) groups excluding carboxylic acids is 2. The Hall–Kier alpha value is -7.16. The molecule has 0 N–H and O–H groups in total. The normalized spacial score (nSPS) is 17.0. The van der Waals surface area contributed by atoms with Crippen LogP contribution in [0.2, 0.25) is 0 Å². The zero-order valence-electron chi connectivity index (χ0n) is 60.0. The average Bonchev–Trinajstić information content (AvgIpc) is 1.64. The second-order valence-corrected chi connectivity index (χ2v) is 30.6. The zero-order valence-corrected chi connectivity index (χ0v) is 68.0. The smallest absolute Gasteiger partial charge is 0.0620 e. The van der Waals surface area contributed by atoms with Gasteiger partial charge in [0.05, 0.1) is 15.8 Å². The van der Waals surface area contributed by atoms with E-state index in [0.29, 0.717) is 24.2 Å². The molecule has 4 unspecified atom stereocenters. The van der Waals surface area contributed by atoms with E-state index in [1.165, 1.54) is 129 Å². The predicted molar refractivity (Wildman–Crippen MR) is 457 cm³/mol. The quantitative estimate of drug-likeness (QED) is 0.0306. The third kappa shape index (κ3) is 22.0. The van der Waals surface area contributed by atoms with Crippen LogP contribution in [-0.2, 0) is 46.4 Å². The van der Waals surface area contributed by atoms with Crippen LogP contribution in [0.15, 0.2) is 279 Å². The molecular weight excluding hydrogens is 1580 g/mol. The molecule has 0 spiro atoms. The maximum absolute atomic E-state index is 7.75. The SMILES string of the molecule is CN1[CH-]N(C2CCCCC2[N-]C2CCCCC2N2[CH-]N(C)c3ccccc32)c2ccccc21.CN1[CH-]N(CC[N-]CCN2[CH-]N(C)c3ccccc32)c2ccccc21.Cl.Cl.[CH-]=O.[CH-]=O.[Cl][Ru].[HH].[HH].[RuH].c1ccc([PH+](c2ccccc2)c2ccccc2)cc1.c1ccc([PH+](c2ccccc2)c2ccccc2)cc1. The fourth-order valence-electron chi connectivity index (χ4n) is 14.7. The summed E-state index contributed by atoms with van der Waals surface area (Å²) in [6, 6.07) is 101. The van der Waals surface area contributed by atoms with Crippen LogP contribution in [0.5, 0.6) is 0 Å². The first-order valence-electron chi connectivity index (χ1n) is 35.1. The van der Waals surface area contributed by atoms with Crippen molar-refractivity contribution in [2.45, 2.75) is 75.5 Å². The number of rotatable bonds is 16. The van der Waals surface area contributed by atoms with E-state index in [1.54, 1.807) is 0 Å². The van der Waals surface area contributed by atoms with Crippen molar-refractivity contribution in [3.63, 3.8) is 0 Å². The molecule has 2 saturated carbocycles. The Balaban J connectivity index is 0.000000252. The summed E-state index contributed by atoms with van der Waals surface area (Å²) in [6.07, 6.45) is 10.1. The Labute approximate surface area is 670 Å². The second-order valence-electron chi connectivity index (χ2n) is 25.7. The first-order valence-corrected chi connectivity index (χ1v) is 40.4. The van der Waals surface area contributed by atoms with Crippen LogP contribution in [0.3, 0.4) is 0 Å². The molecule has 0 aromatic heterocycles. The van der Waals surface area contributed by atoms with Crippen LogP contribution >= 0.6 is 50.3 Å². The van der Waals surface area contributed by atoms with Crippen LogP contribution in [0.25, 0.3) is 10.6 Å². The molecule has 10 aromatic carbocycles. The standard InChI is InChI=1S/C28H36N5.C20H24N5.2C18H15P.2CHO.3ClH.2Ru.2H2.H/c1-30-19-32(27-17-9-7-15-25(27)30)23-13-5-3-11-21(23)29-22-12-4-6-14-24(22)33-20-31(2)26-16-8-10-18-28(26)33;1-22-15-24(19-9-5-3-7-17(19)22)13-11-21-12-14-25-16-23(2)18-8-4-6-10-20(18)25;2*1-4-10-16(11-5-1)19(17-12-6-2-7-13-17)18-14-8-3-9-15-18;2*1-2;;;;;;;;/h7-10,15-24H,3-6,11-14H2,1-2H3;3-10,15-16H,11-14H2,1-2H3;2*1-15H;2*1H;3*1H;;;2*1H;/q2*-3;;;2*-1;;;;;+1;;;/p+1. The van der Waals surface area contributed by atoms with Crippen molar-refractivity contribution in [2.24, 2.45) is 0 Å². The molecule has 0 radical (unpaired) electrons. The van der Waals surface area contributed by atoms with Crippen LogP contribution < -0.4 is 71.0 Å². The predicted octanol–water partition coefficient (Wildman–Crippen LogP) is 17.2. The molecule has 105 heavy (non-hydrogen) atoms. The molecule has 19 heteroatoms. The van der Waals surface area contributed by atoms with Crippen molar-refractivity contribution in [2.75, 3.05) is 93.6 Å². The molecule has 16 rings (SSSR count). The molecule has 4 heterocycles. The van der Waals surface area contributed by atoms with Gasteiger partial charge < -0.3 is 59.4 Å². The minimum absolute atomic E-state index is 0. The molecule has 4 aliphatic heterocycles. The van der Waals surface area contributed by atoms with E-state index in [1.807, 2.05) is 17.3 Å². The van der Waals surface area contributed by atoms with Gasteiger partial charge in [0.1, 0.15) is 31.8 Å². The fraction of sp³-hybridized carbons (Fsp3) is 0.233. The number of hydrogen-bond donors (Lipinski definition) is 0. The topological polar surface area (TPSA) is 88.3 Å². The minimum Gasteiger partial charge on any atom is -0.0620 e. The molecule has 2 fully saturated rings. The van der Waals surface area contributed by atoms with Crippen molar-refractivity contribution in [1.29, 1.82) is 0 Å². The van der Waals surface area contributed by atoms with Gasteiger partial charge in [-0.2, -0.15) is 26.7 Å². The van der Waals surface area contributed by atoms with Crippen molar-refractivity contribution < 1.29 is 49.2 Å². The Kier molecular flexibility index (Phi) is 36.3. The molecule has 2 aliphatic carbocycles. The van der Waals surface area contributed by atoms with E-state index in [0.717, 1.165) is 26.2 Å². The molecule has 10 aromatic rings. The van der Waals surface area contributed by atoms with Gasteiger partial charge in [-0.25, -0.2) is 0 Å². The summed E-state index contributed by atoms with van der Waals surface area (Å²) in [7, 11) is 11.3. The maximum atomic E-state index is 7.75. The van der Waals surface area contributed by atoms with Crippen LogP contribution in [0, 0.1) is 26.7 Å². The summed E-state index contributed by atoms with van der Waals surface area (Å²) in [5, 5.41) is 19.0. The van der Waals surface area contributed by atoms with Gasteiger partial charge >= 0.3 is 46.5 Å². The van der Waals surface area contributed by atoms with E-state index < -0.39 is 15.8 Å². The van der Waals surface area contributed by atoms with Crippen LogP contribution in [0.4, 0.5) is 45.5 Å². The van der Waals surface area contributed by atoms with Gasteiger partial charge in [0.25, 0.3) is 0 Å². The molecular formula is C86H101Cl3N10O2P2Ru2-6. The summed E-state index contributed by atoms with van der Waals surface area (Å²) in [5.41, 5.74) is 10.4. The first-order chi connectivity index (χ1) is 50.3. The van der Waals surface area contributed by atoms with Gasteiger partial charge in [-0.1, -0.05) is 196 Å². The summed E-state index contributed by atoms with van der Waals surface area (Å²) in [4.78, 5) is 34.0. The van der Waals surface area contributed by atoms with E-state index in [4.69, 9.17) is 20.2 Å². The number of fused-ring (bicyclic) bond motifs is 4. The molecule has 0 amide bonds. The van der Waals surface area contributed by atoms with Crippen LogP contribution in [0.1, 0.15) is 54.2 Å². The van der Waals surface area contributed by atoms with Gasteiger partial charge in [-0.15, -0.1) is 50.0 Å². The largest absolute Gasteiger partial charge is 0.102 e. The Morgan fingerprint density at radius 2 is 0.571 bits per heavy atom. The molecule has 12 nitrogen and oxygen atoms in total. The Morgan fingerprint density at radius 1 is 0.352 bits per heavy atom. The number of nitrogens with zero attached hydrogens (tertiary/aromatic N) is 10. The average molecular weight is 1680 g/mol. The molecule has 4 atom stereocenters. The minimum atomic E-state index is -0.877. The van der Waals surface area contributed by atoms with Crippen molar-refractivity contribution in [1.82, 2.24) is 0 Å². The number of benzene rings is 10. The number of halogens is 3. The zero-order chi connectivity index (χ0) is 71.4. The summed E-state index contributed by atoms with van der Waals surface area (Å²) >= 11 is 1.82. The summed E-state index contributed by atoms with van der Waals surface area (Å²) < 4.78 is 0. The molecule has 560 valence electrons. The third-order valence-corrected chi connectivity index (χ3v) is 24.8. The van der Waals surface area contributed by atoms with E-state index in [2.05, 4.69) is 396 Å². The second kappa shape index (κ2) is 44.8. The van der Waals surface area contributed by atoms with Gasteiger partial charge in [0, 0.05) is 48.4 Å². The maximum Gasteiger partial charge on any atom is 0.102 e. The van der Waals surface area contributed by atoms with Crippen molar-refractivity contribution in [3.05, 3.63) is 316 Å². The molecule has 6 aliphatic rings. The summed E-state index contributed by atoms with van der Waals surface area (Å²) in [6.45, 7) is 18.9. The fourth-order valence-corrected chi connectivity index (χ4v) is 19.8. The van der Waals surface area contributed by atoms with Crippen molar-refractivity contribution >= 4 is 141 Å². The third-order valence-electron chi connectivity index (χ3n) is 19.3. The molecule has 0 saturated heterocycles. The van der Waals surface area contributed by atoms with Gasteiger partial charge in [0.2, 0.25) is 0 Å². The monoisotopic (exact) mass is 1680 g/mol. The Morgan fingerprint density at radius 3 is 0.848 bits per heavy atom. The van der Waals surface area contributed by atoms with Crippen molar-refractivity contribution in [3.8, 4) is 0 Å². The number of hydrogen-bond acceptors (Lipinski definition) is 10. The summed E-state index contributed by atoms with van der Waals surface area (Å²) in [5.74, 6) is 0. The first kappa shape index (κ1) is 85.1. The number of para-hydroxylation sites is 8. The van der Waals surface area contributed by atoms with Gasteiger partial charge in [0.15, 0.2) is 0 Å². The Bertz CT molecular complexity index is 3640. The van der Waals surface area contributed by atoms with Gasteiger partial charge in [-0.05, 0) is 188 Å². The van der Waals surface area contributed by atoms with Gasteiger partial charge in [-0.3, -0.25) is 13.6 Å². The van der Waals surface area contributed by atoms with E-state index >= 15 is 0 Å².